The van der Waals surface area contributed by atoms with E-state index in [-0.39, 0.29) is 6.61 Å². The van der Waals surface area contributed by atoms with Crippen molar-refractivity contribution in [1.82, 2.24) is 24.7 Å². The Kier molecular flexibility index (Phi) is 4.52. The number of esters is 1. The summed E-state index contributed by atoms with van der Waals surface area (Å²) in [5, 5.41) is 12.6. The van der Waals surface area contributed by atoms with Crippen LogP contribution in [0.5, 0.6) is 0 Å². The molecule has 0 radical (unpaired) electrons. The van der Waals surface area contributed by atoms with E-state index in [2.05, 4.69) is 15.4 Å². The molecule has 0 bridgehead atoms. The molecule has 0 saturated heterocycles. The third-order valence-electron chi connectivity index (χ3n) is 4.37. The van der Waals surface area contributed by atoms with E-state index in [9.17, 15) is 4.79 Å². The fourth-order valence-corrected chi connectivity index (χ4v) is 3.04. The maximum absolute atomic E-state index is 12.6. The monoisotopic (exact) mass is 377 g/mol. The Balaban J connectivity index is 1.48. The highest BCUT2D eigenvalue weighted by molar-refractivity contribution is 5.91. The van der Waals surface area contributed by atoms with Crippen LogP contribution in [0.25, 0.3) is 11.5 Å². The van der Waals surface area contributed by atoms with Gasteiger partial charge in [0.1, 0.15) is 18.1 Å². The van der Waals surface area contributed by atoms with Gasteiger partial charge in [-0.2, -0.15) is 9.90 Å². The first-order chi connectivity index (χ1) is 13.5. The van der Waals surface area contributed by atoms with E-state index >= 15 is 0 Å². The molecule has 0 fully saturated rings. The normalized spacial score (nSPS) is 11.0. The summed E-state index contributed by atoms with van der Waals surface area (Å²) in [6.45, 7) is 5.61. The van der Waals surface area contributed by atoms with Gasteiger partial charge in [-0.3, -0.25) is 4.57 Å². The SMILES string of the molecule is Cc1cc(-n2c(C)cc(C(=O)OCc3cnn(-c4ccccc4)n3)c2C)no1. The largest absolute Gasteiger partial charge is 0.455 e. The van der Waals surface area contributed by atoms with Gasteiger partial charge in [0.05, 0.1) is 17.4 Å². The predicted molar refractivity (Wildman–Crippen MR) is 101 cm³/mol. The molecule has 28 heavy (non-hydrogen) atoms. The van der Waals surface area contributed by atoms with E-state index in [0.717, 1.165) is 17.1 Å². The van der Waals surface area contributed by atoms with Gasteiger partial charge >= 0.3 is 5.97 Å². The number of hydrogen-bond donors (Lipinski definition) is 0. The molecule has 1 aromatic carbocycles. The summed E-state index contributed by atoms with van der Waals surface area (Å²) in [5.41, 5.74) is 3.50. The van der Waals surface area contributed by atoms with Gasteiger partial charge in [0.2, 0.25) is 0 Å². The molecule has 142 valence electrons. The lowest BCUT2D eigenvalue weighted by Crippen LogP contribution is -2.08. The highest BCUT2D eigenvalue weighted by Gasteiger charge is 2.20. The van der Waals surface area contributed by atoms with Gasteiger partial charge in [-0.05, 0) is 39.0 Å². The van der Waals surface area contributed by atoms with Crippen molar-refractivity contribution in [2.75, 3.05) is 0 Å². The van der Waals surface area contributed by atoms with Crippen LogP contribution in [0.15, 0.2) is 53.2 Å². The zero-order valence-electron chi connectivity index (χ0n) is 15.8. The van der Waals surface area contributed by atoms with Gasteiger partial charge in [-0.1, -0.05) is 23.4 Å². The minimum absolute atomic E-state index is 0.0401. The van der Waals surface area contributed by atoms with E-state index in [4.69, 9.17) is 9.26 Å². The van der Waals surface area contributed by atoms with E-state index < -0.39 is 5.97 Å². The lowest BCUT2D eigenvalue weighted by atomic mass is 10.2. The molecule has 0 spiro atoms. The molecule has 0 atom stereocenters. The van der Waals surface area contributed by atoms with E-state index in [0.29, 0.717) is 22.8 Å². The van der Waals surface area contributed by atoms with Crippen LogP contribution in [0.1, 0.15) is 33.2 Å². The maximum Gasteiger partial charge on any atom is 0.340 e. The highest BCUT2D eigenvalue weighted by Crippen LogP contribution is 2.21. The molecule has 8 nitrogen and oxygen atoms in total. The van der Waals surface area contributed by atoms with Crippen molar-refractivity contribution >= 4 is 5.97 Å². The van der Waals surface area contributed by atoms with Crippen molar-refractivity contribution < 1.29 is 14.1 Å². The zero-order valence-corrected chi connectivity index (χ0v) is 15.8. The van der Waals surface area contributed by atoms with Crippen LogP contribution < -0.4 is 0 Å². The zero-order chi connectivity index (χ0) is 19.7. The van der Waals surface area contributed by atoms with Gasteiger partial charge in [0.25, 0.3) is 0 Å². The third-order valence-corrected chi connectivity index (χ3v) is 4.37. The standard InChI is InChI=1S/C20H19N5O3/c1-13-9-18(15(3)24(13)19-10-14(2)28-23-19)20(26)27-12-16-11-21-25(22-16)17-7-5-4-6-8-17/h4-11H,12H2,1-3H3. The van der Waals surface area contributed by atoms with Gasteiger partial charge in [-0.15, -0.1) is 5.10 Å². The number of carbonyl (C=O) groups is 1. The Bertz CT molecular complexity index is 1120. The molecule has 0 aliphatic carbocycles. The van der Waals surface area contributed by atoms with Crippen molar-refractivity contribution in [3.63, 3.8) is 0 Å². The summed E-state index contributed by atoms with van der Waals surface area (Å²) in [5.74, 6) is 0.916. The molecule has 0 amide bonds. The molecule has 0 N–H and O–H groups in total. The first-order valence-electron chi connectivity index (χ1n) is 8.79. The molecule has 3 heterocycles. The van der Waals surface area contributed by atoms with Gasteiger partial charge in [0.15, 0.2) is 5.82 Å². The molecule has 4 aromatic rings. The second kappa shape index (κ2) is 7.15. The van der Waals surface area contributed by atoms with Crippen LogP contribution in [0.4, 0.5) is 0 Å². The van der Waals surface area contributed by atoms with Crippen LogP contribution >= 0.6 is 0 Å². The lowest BCUT2D eigenvalue weighted by Gasteiger charge is -2.05. The average Bonchev–Trinajstić information content (AvgIpc) is 3.40. The summed E-state index contributed by atoms with van der Waals surface area (Å²) in [6.07, 6.45) is 1.59. The molecule has 0 saturated carbocycles. The van der Waals surface area contributed by atoms with Gasteiger partial charge in [0, 0.05) is 17.5 Å². The molecule has 0 unspecified atom stereocenters. The van der Waals surface area contributed by atoms with Crippen LogP contribution in [0.2, 0.25) is 0 Å². The van der Waals surface area contributed by atoms with Crippen molar-refractivity contribution in [3.05, 3.63) is 77.1 Å². The second-order valence-electron chi connectivity index (χ2n) is 6.45. The number of ether oxygens (including phenoxy) is 1. The minimum Gasteiger partial charge on any atom is -0.455 e. The Hall–Kier alpha value is -3.68. The first kappa shape index (κ1) is 17.7. The summed E-state index contributed by atoms with van der Waals surface area (Å²) >= 11 is 0. The quantitative estimate of drug-likeness (QED) is 0.496. The second-order valence-corrected chi connectivity index (χ2v) is 6.45. The Morgan fingerprint density at radius 2 is 1.93 bits per heavy atom. The number of nitrogens with zero attached hydrogens (tertiary/aromatic N) is 5. The molecule has 3 aromatic heterocycles. The van der Waals surface area contributed by atoms with Crippen molar-refractivity contribution in [2.24, 2.45) is 0 Å². The fraction of sp³-hybridized carbons (Fsp3) is 0.200. The number of benzene rings is 1. The topological polar surface area (TPSA) is 88.0 Å². The van der Waals surface area contributed by atoms with E-state index in [1.807, 2.05) is 61.7 Å². The van der Waals surface area contributed by atoms with Gasteiger partial charge in [-0.25, -0.2) is 4.79 Å². The third kappa shape index (κ3) is 3.32. The summed E-state index contributed by atoms with van der Waals surface area (Å²) in [4.78, 5) is 14.1. The summed E-state index contributed by atoms with van der Waals surface area (Å²) < 4.78 is 12.4. The van der Waals surface area contributed by atoms with E-state index in [1.165, 1.54) is 4.80 Å². The van der Waals surface area contributed by atoms with Crippen LogP contribution in [0.3, 0.4) is 0 Å². The highest BCUT2D eigenvalue weighted by atomic mass is 16.5. The average molecular weight is 377 g/mol. The number of aromatic nitrogens is 5. The van der Waals surface area contributed by atoms with E-state index in [1.54, 1.807) is 12.3 Å². The number of hydrogen-bond acceptors (Lipinski definition) is 6. The van der Waals surface area contributed by atoms with Crippen molar-refractivity contribution in [3.8, 4) is 11.5 Å². The number of rotatable bonds is 5. The van der Waals surface area contributed by atoms with Crippen LogP contribution in [-0.2, 0) is 11.3 Å². The number of aryl methyl sites for hydroxylation is 2. The van der Waals surface area contributed by atoms with Crippen molar-refractivity contribution in [1.29, 1.82) is 0 Å². The Morgan fingerprint density at radius 1 is 1.14 bits per heavy atom. The molecule has 8 heteroatoms. The summed E-state index contributed by atoms with van der Waals surface area (Å²) in [6, 6.07) is 13.1. The fourth-order valence-electron chi connectivity index (χ4n) is 3.04. The maximum atomic E-state index is 12.6. The predicted octanol–water partition coefficient (Wildman–Crippen LogP) is 3.33. The molecular weight excluding hydrogens is 358 g/mol. The van der Waals surface area contributed by atoms with Crippen LogP contribution in [-0.4, -0.2) is 30.7 Å². The molecule has 0 aliphatic rings. The molecule has 4 rings (SSSR count). The number of carbonyl (C=O) groups excluding carboxylic acids is 1. The molecule has 0 aliphatic heterocycles. The minimum atomic E-state index is -0.422. The Morgan fingerprint density at radius 3 is 2.64 bits per heavy atom. The summed E-state index contributed by atoms with van der Waals surface area (Å²) in [7, 11) is 0. The van der Waals surface area contributed by atoms with Gasteiger partial charge < -0.3 is 9.26 Å². The lowest BCUT2D eigenvalue weighted by molar-refractivity contribution is 0.0466. The first-order valence-corrected chi connectivity index (χ1v) is 8.79. The Labute approximate surface area is 161 Å². The smallest absolute Gasteiger partial charge is 0.340 e. The number of para-hydroxylation sites is 1. The van der Waals surface area contributed by atoms with Crippen LogP contribution in [0, 0.1) is 20.8 Å². The van der Waals surface area contributed by atoms with Crippen molar-refractivity contribution in [2.45, 2.75) is 27.4 Å². The molecular formula is C20H19N5O3.